The van der Waals surface area contributed by atoms with Gasteiger partial charge in [-0.15, -0.1) is 0 Å². The van der Waals surface area contributed by atoms with Crippen LogP contribution in [0, 0.1) is 0 Å². The van der Waals surface area contributed by atoms with Gasteiger partial charge in [-0.2, -0.15) is 0 Å². The molecule has 1 amide bonds. The maximum absolute atomic E-state index is 12.0. The third-order valence-electron chi connectivity index (χ3n) is 3.30. The number of aromatic hydroxyl groups is 2. The molecule has 0 bridgehead atoms. The SMILES string of the molecule is CCc1ccnc(NC(=O)C=Cc2ccc(O)c(O)c2)c1C(=O)O. The van der Waals surface area contributed by atoms with Crippen LogP contribution in [0.1, 0.15) is 28.4 Å². The van der Waals surface area contributed by atoms with Crippen molar-refractivity contribution in [2.24, 2.45) is 0 Å². The highest BCUT2D eigenvalue weighted by atomic mass is 16.4. The average Bonchev–Trinajstić information content (AvgIpc) is 2.55. The maximum Gasteiger partial charge on any atom is 0.339 e. The lowest BCUT2D eigenvalue weighted by Gasteiger charge is -2.09. The number of carboxylic acid groups (broad SMARTS) is 1. The van der Waals surface area contributed by atoms with Crippen LogP contribution in [0.5, 0.6) is 11.5 Å². The Morgan fingerprint density at radius 1 is 1.21 bits per heavy atom. The number of aromatic nitrogens is 1. The molecule has 4 N–H and O–H groups in total. The van der Waals surface area contributed by atoms with Gasteiger partial charge in [0.25, 0.3) is 0 Å². The molecule has 0 radical (unpaired) electrons. The van der Waals surface area contributed by atoms with E-state index in [1.165, 1.54) is 36.5 Å². The fraction of sp³-hybridized carbons (Fsp3) is 0.118. The lowest BCUT2D eigenvalue weighted by Crippen LogP contribution is -2.15. The number of anilines is 1. The summed E-state index contributed by atoms with van der Waals surface area (Å²) in [5, 5.41) is 30.4. The van der Waals surface area contributed by atoms with E-state index in [4.69, 9.17) is 0 Å². The molecule has 0 atom stereocenters. The number of nitrogens with zero attached hydrogens (tertiary/aromatic N) is 1. The second-order valence-corrected chi connectivity index (χ2v) is 4.92. The first-order chi connectivity index (χ1) is 11.4. The minimum atomic E-state index is -1.16. The summed E-state index contributed by atoms with van der Waals surface area (Å²) in [6, 6.07) is 5.69. The highest BCUT2D eigenvalue weighted by Crippen LogP contribution is 2.25. The minimum absolute atomic E-state index is 0.0231. The lowest BCUT2D eigenvalue weighted by atomic mass is 10.1. The first-order valence-electron chi connectivity index (χ1n) is 7.14. The normalized spacial score (nSPS) is 10.7. The van der Waals surface area contributed by atoms with Gasteiger partial charge in [-0.25, -0.2) is 9.78 Å². The Hall–Kier alpha value is -3.35. The molecule has 0 aliphatic heterocycles. The van der Waals surface area contributed by atoms with Crippen molar-refractivity contribution in [1.82, 2.24) is 4.98 Å². The first-order valence-corrected chi connectivity index (χ1v) is 7.14. The summed E-state index contributed by atoms with van der Waals surface area (Å²) in [6.45, 7) is 1.81. The van der Waals surface area contributed by atoms with E-state index in [2.05, 4.69) is 10.3 Å². The van der Waals surface area contributed by atoms with E-state index in [9.17, 15) is 24.9 Å². The van der Waals surface area contributed by atoms with Gasteiger partial charge in [-0.3, -0.25) is 4.79 Å². The summed E-state index contributed by atoms with van der Waals surface area (Å²) < 4.78 is 0. The van der Waals surface area contributed by atoms with E-state index in [1.54, 1.807) is 6.07 Å². The van der Waals surface area contributed by atoms with Crippen molar-refractivity contribution in [2.45, 2.75) is 13.3 Å². The van der Waals surface area contributed by atoms with Gasteiger partial charge in [0.05, 0.1) is 0 Å². The summed E-state index contributed by atoms with van der Waals surface area (Å²) >= 11 is 0. The Morgan fingerprint density at radius 2 is 1.96 bits per heavy atom. The van der Waals surface area contributed by atoms with Gasteiger partial charge >= 0.3 is 5.97 Å². The molecule has 124 valence electrons. The van der Waals surface area contributed by atoms with Crippen LogP contribution in [0.3, 0.4) is 0 Å². The first kappa shape index (κ1) is 17.0. The number of benzene rings is 1. The van der Waals surface area contributed by atoms with Crippen LogP contribution in [0.15, 0.2) is 36.5 Å². The van der Waals surface area contributed by atoms with E-state index in [-0.39, 0.29) is 22.9 Å². The third-order valence-corrected chi connectivity index (χ3v) is 3.30. The molecule has 2 rings (SSSR count). The molecule has 0 fully saturated rings. The van der Waals surface area contributed by atoms with Crippen molar-refractivity contribution < 1.29 is 24.9 Å². The van der Waals surface area contributed by atoms with Gasteiger partial charge in [-0.05, 0) is 41.8 Å². The molecule has 1 aromatic heterocycles. The zero-order chi connectivity index (χ0) is 17.7. The van der Waals surface area contributed by atoms with E-state index >= 15 is 0 Å². The molecular weight excluding hydrogens is 312 g/mol. The number of aryl methyl sites for hydroxylation is 1. The second-order valence-electron chi connectivity index (χ2n) is 4.92. The van der Waals surface area contributed by atoms with Gasteiger partial charge in [0.15, 0.2) is 11.5 Å². The number of carboxylic acids is 1. The standard InChI is InChI=1S/C17H16N2O5/c1-2-11-7-8-18-16(15(11)17(23)24)19-14(22)6-4-10-3-5-12(20)13(21)9-10/h3-9,20-21H,2H2,1H3,(H,23,24)(H,18,19,22). The van der Waals surface area contributed by atoms with Crippen molar-refractivity contribution in [3.8, 4) is 11.5 Å². The monoisotopic (exact) mass is 328 g/mol. The number of carbonyl (C=O) groups excluding carboxylic acids is 1. The average molecular weight is 328 g/mol. The summed E-state index contributed by atoms with van der Waals surface area (Å²) in [7, 11) is 0. The molecule has 0 saturated carbocycles. The number of amides is 1. The van der Waals surface area contributed by atoms with E-state index in [1.807, 2.05) is 6.92 Å². The minimum Gasteiger partial charge on any atom is -0.504 e. The number of aromatic carboxylic acids is 1. The molecular formula is C17H16N2O5. The number of hydrogen-bond acceptors (Lipinski definition) is 5. The molecule has 0 aliphatic carbocycles. The lowest BCUT2D eigenvalue weighted by molar-refractivity contribution is -0.111. The molecule has 0 aliphatic rings. The number of nitrogens with one attached hydrogen (secondary N) is 1. The number of carbonyl (C=O) groups is 2. The Bertz CT molecular complexity index is 815. The largest absolute Gasteiger partial charge is 0.504 e. The Kier molecular flexibility index (Phi) is 5.16. The smallest absolute Gasteiger partial charge is 0.339 e. The Labute approximate surface area is 137 Å². The highest BCUT2D eigenvalue weighted by Gasteiger charge is 2.16. The highest BCUT2D eigenvalue weighted by molar-refractivity contribution is 6.05. The molecule has 2 aromatic rings. The fourth-order valence-electron chi connectivity index (χ4n) is 2.10. The molecule has 1 aromatic carbocycles. The van der Waals surface area contributed by atoms with Crippen LogP contribution >= 0.6 is 0 Å². The topological polar surface area (TPSA) is 120 Å². The number of phenols is 2. The molecule has 7 heteroatoms. The summed E-state index contributed by atoms with van der Waals surface area (Å²) in [4.78, 5) is 27.2. The summed E-state index contributed by atoms with van der Waals surface area (Å²) in [5.74, 6) is -2.31. The van der Waals surface area contributed by atoms with Gasteiger partial charge in [0.2, 0.25) is 5.91 Å². The van der Waals surface area contributed by atoms with Crippen LogP contribution in [0.4, 0.5) is 5.82 Å². The second kappa shape index (κ2) is 7.28. The molecule has 0 saturated heterocycles. The molecule has 24 heavy (non-hydrogen) atoms. The summed E-state index contributed by atoms with van der Waals surface area (Å²) in [6.07, 6.45) is 4.52. The van der Waals surface area contributed by atoms with Gasteiger partial charge in [0.1, 0.15) is 11.4 Å². The maximum atomic E-state index is 12.0. The summed E-state index contributed by atoms with van der Waals surface area (Å²) in [5.41, 5.74) is 1.03. The van der Waals surface area contributed by atoms with Crippen LogP contribution in [0.25, 0.3) is 6.08 Å². The van der Waals surface area contributed by atoms with Crippen molar-refractivity contribution in [3.63, 3.8) is 0 Å². The zero-order valence-electron chi connectivity index (χ0n) is 12.9. The molecule has 0 spiro atoms. The van der Waals surface area contributed by atoms with E-state index in [0.29, 0.717) is 17.5 Å². The van der Waals surface area contributed by atoms with Gasteiger partial charge < -0.3 is 20.6 Å². The van der Waals surface area contributed by atoms with Crippen molar-refractivity contribution in [3.05, 3.63) is 53.2 Å². The van der Waals surface area contributed by atoms with Crippen LogP contribution in [-0.4, -0.2) is 32.2 Å². The van der Waals surface area contributed by atoms with Crippen LogP contribution < -0.4 is 5.32 Å². The fourth-order valence-corrected chi connectivity index (χ4v) is 2.10. The van der Waals surface area contributed by atoms with Crippen molar-refractivity contribution >= 4 is 23.8 Å². The van der Waals surface area contributed by atoms with E-state index < -0.39 is 11.9 Å². The molecule has 1 heterocycles. The van der Waals surface area contributed by atoms with Crippen LogP contribution in [0.2, 0.25) is 0 Å². The Balaban J connectivity index is 2.19. The van der Waals surface area contributed by atoms with Crippen molar-refractivity contribution in [1.29, 1.82) is 0 Å². The third kappa shape index (κ3) is 3.89. The number of hydrogen-bond donors (Lipinski definition) is 4. The molecule has 0 unspecified atom stereocenters. The molecule has 7 nitrogen and oxygen atoms in total. The predicted octanol–water partition coefficient (Wildman–Crippen LogP) is 2.41. The van der Waals surface area contributed by atoms with Crippen LogP contribution in [-0.2, 0) is 11.2 Å². The van der Waals surface area contributed by atoms with E-state index in [0.717, 1.165) is 0 Å². The van der Waals surface area contributed by atoms with Crippen molar-refractivity contribution in [2.75, 3.05) is 5.32 Å². The van der Waals surface area contributed by atoms with Gasteiger partial charge in [0, 0.05) is 12.3 Å². The Morgan fingerprint density at radius 3 is 2.58 bits per heavy atom. The zero-order valence-corrected chi connectivity index (χ0v) is 12.9. The predicted molar refractivity (Wildman–Crippen MR) is 88.0 cm³/mol. The number of phenolic OH excluding ortho intramolecular Hbond substituents is 2. The quantitative estimate of drug-likeness (QED) is 0.494. The number of rotatable bonds is 5. The van der Waals surface area contributed by atoms with Gasteiger partial charge in [-0.1, -0.05) is 13.0 Å². The number of pyridine rings is 1.